The highest BCUT2D eigenvalue weighted by molar-refractivity contribution is 5.56. The van der Waals surface area contributed by atoms with Crippen molar-refractivity contribution in [2.24, 2.45) is 0 Å². The largest absolute Gasteiger partial charge is 0.383 e. The fraction of sp³-hybridized carbons (Fsp3) is 0.143. The van der Waals surface area contributed by atoms with Crippen LogP contribution in [0.2, 0.25) is 0 Å². The first-order valence-electron chi connectivity index (χ1n) is 3.30. The smallest absolute Gasteiger partial charge is 0.267 e. The van der Waals surface area contributed by atoms with Gasteiger partial charge in [-0.2, -0.15) is 5.26 Å². The Hall–Kier alpha value is -1.90. The van der Waals surface area contributed by atoms with E-state index >= 15 is 0 Å². The zero-order valence-corrected chi connectivity index (χ0v) is 6.46. The fourth-order valence-corrected chi connectivity index (χ4v) is 0.822. The lowest BCUT2D eigenvalue weighted by molar-refractivity contribution is 0.152. The van der Waals surface area contributed by atoms with Crippen LogP contribution in [0, 0.1) is 11.3 Å². The third-order valence-corrected chi connectivity index (χ3v) is 1.47. The van der Waals surface area contributed by atoms with Gasteiger partial charge in [0.15, 0.2) is 0 Å². The minimum absolute atomic E-state index is 0.0931. The highest BCUT2D eigenvalue weighted by atomic mass is 19.3. The Morgan fingerprint density at radius 1 is 1.38 bits per heavy atom. The topological polar surface area (TPSA) is 88.7 Å². The van der Waals surface area contributed by atoms with Crippen LogP contribution in [-0.2, 0) is 0 Å². The summed E-state index contributed by atoms with van der Waals surface area (Å²) in [6, 6.07) is 2.59. The van der Waals surface area contributed by atoms with Crippen molar-refractivity contribution in [3.8, 4) is 6.07 Å². The van der Waals surface area contributed by atoms with Crippen molar-refractivity contribution in [2.75, 3.05) is 11.5 Å². The summed E-state index contributed by atoms with van der Waals surface area (Å²) >= 11 is 0. The lowest BCUT2D eigenvalue weighted by atomic mass is 10.2. The number of rotatable bonds is 1. The molecule has 0 saturated carbocycles. The van der Waals surface area contributed by atoms with E-state index in [2.05, 4.69) is 4.98 Å². The lowest BCUT2D eigenvalue weighted by Crippen LogP contribution is -2.03. The Bertz CT molecular complexity index is 369. The van der Waals surface area contributed by atoms with Crippen LogP contribution in [0.4, 0.5) is 20.4 Å². The SMILES string of the molecule is N#Cc1cc(C(F)F)c(N)nc1N. The highest BCUT2D eigenvalue weighted by Crippen LogP contribution is 2.26. The van der Waals surface area contributed by atoms with Gasteiger partial charge in [-0.05, 0) is 6.07 Å². The maximum Gasteiger partial charge on any atom is 0.267 e. The average molecular weight is 184 g/mol. The summed E-state index contributed by atoms with van der Waals surface area (Å²) in [6.45, 7) is 0. The van der Waals surface area contributed by atoms with E-state index in [9.17, 15) is 8.78 Å². The predicted octanol–water partition coefficient (Wildman–Crippen LogP) is 1.06. The van der Waals surface area contributed by atoms with Gasteiger partial charge in [0, 0.05) is 0 Å². The van der Waals surface area contributed by atoms with Crippen LogP contribution in [0.5, 0.6) is 0 Å². The van der Waals surface area contributed by atoms with Crippen molar-refractivity contribution in [2.45, 2.75) is 6.43 Å². The molecule has 0 aliphatic carbocycles. The average Bonchev–Trinajstić information content (AvgIpc) is 2.03. The van der Waals surface area contributed by atoms with Crippen LogP contribution in [0.25, 0.3) is 0 Å². The van der Waals surface area contributed by atoms with Gasteiger partial charge < -0.3 is 11.5 Å². The first-order valence-corrected chi connectivity index (χ1v) is 3.30. The van der Waals surface area contributed by atoms with Gasteiger partial charge in [-0.25, -0.2) is 13.8 Å². The van der Waals surface area contributed by atoms with Gasteiger partial charge in [-0.3, -0.25) is 0 Å². The molecule has 0 aliphatic heterocycles. The summed E-state index contributed by atoms with van der Waals surface area (Å²) in [4.78, 5) is 3.42. The number of hydrogen-bond acceptors (Lipinski definition) is 4. The van der Waals surface area contributed by atoms with E-state index in [0.29, 0.717) is 0 Å². The van der Waals surface area contributed by atoms with Gasteiger partial charge in [0.25, 0.3) is 6.43 Å². The van der Waals surface area contributed by atoms with Gasteiger partial charge in [-0.15, -0.1) is 0 Å². The number of nitrogens with two attached hydrogens (primary N) is 2. The predicted molar refractivity (Wildman–Crippen MR) is 42.7 cm³/mol. The number of alkyl halides is 2. The van der Waals surface area contributed by atoms with Crippen molar-refractivity contribution in [1.82, 2.24) is 4.98 Å². The molecule has 68 valence electrons. The molecule has 0 saturated heterocycles. The molecule has 0 unspecified atom stereocenters. The Balaban J connectivity index is 3.33. The molecule has 0 radical (unpaired) electrons. The van der Waals surface area contributed by atoms with E-state index in [1.54, 1.807) is 6.07 Å². The second-order valence-electron chi connectivity index (χ2n) is 2.31. The summed E-state index contributed by atoms with van der Waals surface area (Å²) in [5.74, 6) is -0.476. The first-order chi connectivity index (χ1) is 6.06. The van der Waals surface area contributed by atoms with Crippen LogP contribution in [0.1, 0.15) is 17.6 Å². The Morgan fingerprint density at radius 2 is 2.00 bits per heavy atom. The zero-order valence-electron chi connectivity index (χ0n) is 6.46. The number of aromatic nitrogens is 1. The van der Waals surface area contributed by atoms with Crippen LogP contribution in [-0.4, -0.2) is 4.98 Å². The first kappa shape index (κ1) is 9.19. The number of nitrogen functional groups attached to an aromatic ring is 2. The van der Waals surface area contributed by atoms with Crippen molar-refractivity contribution in [3.63, 3.8) is 0 Å². The van der Waals surface area contributed by atoms with Crippen molar-refractivity contribution >= 4 is 11.6 Å². The van der Waals surface area contributed by atoms with Crippen LogP contribution < -0.4 is 11.5 Å². The Kier molecular flexibility index (Phi) is 2.28. The number of nitriles is 1. The molecule has 13 heavy (non-hydrogen) atoms. The van der Waals surface area contributed by atoms with E-state index in [1.165, 1.54) is 0 Å². The van der Waals surface area contributed by atoms with Crippen molar-refractivity contribution in [3.05, 3.63) is 17.2 Å². The Labute approximate surface area is 72.8 Å². The van der Waals surface area contributed by atoms with Gasteiger partial charge in [0.05, 0.1) is 11.1 Å². The maximum absolute atomic E-state index is 12.2. The van der Waals surface area contributed by atoms with Gasteiger partial charge in [0.2, 0.25) is 0 Å². The minimum Gasteiger partial charge on any atom is -0.383 e. The minimum atomic E-state index is -2.75. The standard InChI is InChI=1S/C7H6F2N4/c8-5(9)4-1-3(2-10)6(11)13-7(4)12/h1,5H,(H4,11,12,13). The molecule has 1 rings (SSSR count). The molecule has 6 heteroatoms. The molecule has 0 bridgehead atoms. The Morgan fingerprint density at radius 3 is 2.46 bits per heavy atom. The molecule has 1 aromatic heterocycles. The number of anilines is 2. The fourth-order valence-electron chi connectivity index (χ4n) is 0.822. The van der Waals surface area contributed by atoms with E-state index in [4.69, 9.17) is 16.7 Å². The van der Waals surface area contributed by atoms with E-state index in [0.717, 1.165) is 6.07 Å². The summed E-state index contributed by atoms with van der Waals surface area (Å²) < 4.78 is 24.4. The summed E-state index contributed by atoms with van der Waals surface area (Å²) in [5.41, 5.74) is 9.85. The highest BCUT2D eigenvalue weighted by Gasteiger charge is 2.15. The molecule has 4 N–H and O–H groups in total. The number of hydrogen-bond donors (Lipinski definition) is 2. The molecule has 0 spiro atoms. The summed E-state index contributed by atoms with van der Waals surface area (Å²) in [6.07, 6.45) is -2.75. The molecule has 1 aromatic rings. The zero-order chi connectivity index (χ0) is 10.0. The quantitative estimate of drug-likeness (QED) is 0.682. The molecular formula is C7H6F2N4. The second-order valence-corrected chi connectivity index (χ2v) is 2.31. The maximum atomic E-state index is 12.2. The molecule has 0 fully saturated rings. The van der Waals surface area contributed by atoms with Gasteiger partial charge >= 0.3 is 0 Å². The van der Waals surface area contributed by atoms with Crippen LogP contribution >= 0.6 is 0 Å². The number of pyridine rings is 1. The monoisotopic (exact) mass is 184 g/mol. The van der Waals surface area contributed by atoms with Crippen molar-refractivity contribution < 1.29 is 8.78 Å². The van der Waals surface area contributed by atoms with E-state index in [-0.39, 0.29) is 17.2 Å². The lowest BCUT2D eigenvalue weighted by Gasteiger charge is -2.05. The van der Waals surface area contributed by atoms with E-state index in [1.807, 2.05) is 0 Å². The normalized spacial score (nSPS) is 10.0. The summed E-state index contributed by atoms with van der Waals surface area (Å²) in [7, 11) is 0. The van der Waals surface area contributed by atoms with Crippen LogP contribution in [0.15, 0.2) is 6.07 Å². The van der Waals surface area contributed by atoms with Crippen LogP contribution in [0.3, 0.4) is 0 Å². The van der Waals surface area contributed by atoms with Gasteiger partial charge in [-0.1, -0.05) is 0 Å². The molecule has 4 nitrogen and oxygen atoms in total. The molecule has 0 aromatic carbocycles. The molecule has 0 amide bonds. The molecule has 1 heterocycles. The molecule has 0 aliphatic rings. The summed E-state index contributed by atoms with van der Waals surface area (Å²) in [5, 5.41) is 8.46. The third kappa shape index (κ3) is 1.64. The molecular weight excluding hydrogens is 178 g/mol. The number of nitrogens with zero attached hydrogens (tertiary/aromatic N) is 2. The van der Waals surface area contributed by atoms with Gasteiger partial charge in [0.1, 0.15) is 17.7 Å². The third-order valence-electron chi connectivity index (χ3n) is 1.47. The number of halogens is 2. The second kappa shape index (κ2) is 3.23. The van der Waals surface area contributed by atoms with Crippen molar-refractivity contribution in [1.29, 1.82) is 5.26 Å². The molecule has 0 atom stereocenters. The van der Waals surface area contributed by atoms with E-state index < -0.39 is 12.0 Å².